The van der Waals surface area contributed by atoms with Crippen LogP contribution >= 0.6 is 12.2 Å². The van der Waals surface area contributed by atoms with Crippen LogP contribution in [0.15, 0.2) is 18.5 Å². The van der Waals surface area contributed by atoms with E-state index in [4.69, 9.17) is 18.0 Å². The quantitative estimate of drug-likeness (QED) is 0.695. The molecule has 0 atom stereocenters. The van der Waals surface area contributed by atoms with E-state index in [9.17, 15) is 0 Å². The van der Waals surface area contributed by atoms with Crippen LogP contribution in [0.25, 0.3) is 0 Å². The lowest BCUT2D eigenvalue weighted by atomic mass is 9.85. The maximum Gasteiger partial charge on any atom is 0.105 e. The summed E-state index contributed by atoms with van der Waals surface area (Å²) in [5.41, 5.74) is 7.69. The molecule has 0 aromatic carbocycles. The van der Waals surface area contributed by atoms with Crippen molar-refractivity contribution in [1.82, 2.24) is 4.98 Å². The number of pyridine rings is 1. The molecule has 3 heteroatoms. The Morgan fingerprint density at radius 2 is 2.08 bits per heavy atom. The first kappa shape index (κ1) is 10.1. The Bertz CT molecular complexity index is 326. The molecule has 1 rings (SSSR count). The second kappa shape index (κ2) is 3.42. The minimum Gasteiger partial charge on any atom is -0.389 e. The normalized spacial score (nSPS) is 11.3. The van der Waals surface area contributed by atoms with Crippen molar-refractivity contribution < 1.29 is 0 Å². The van der Waals surface area contributed by atoms with Crippen LogP contribution < -0.4 is 5.73 Å². The fraction of sp³-hybridized carbons (Fsp3) is 0.400. The zero-order valence-electron chi connectivity index (χ0n) is 8.16. The molecule has 0 spiro atoms. The number of hydrogen-bond donors (Lipinski definition) is 1. The van der Waals surface area contributed by atoms with Crippen molar-refractivity contribution in [2.24, 2.45) is 5.73 Å². The molecule has 0 fully saturated rings. The summed E-state index contributed by atoms with van der Waals surface area (Å²) in [6.07, 6.45) is 3.49. The third kappa shape index (κ3) is 2.25. The molecule has 0 amide bonds. The molecule has 0 saturated carbocycles. The highest BCUT2D eigenvalue weighted by Gasteiger charge is 2.18. The molecule has 0 aliphatic heterocycles. The van der Waals surface area contributed by atoms with Gasteiger partial charge < -0.3 is 5.73 Å². The molecule has 0 unspecified atom stereocenters. The summed E-state index contributed by atoms with van der Waals surface area (Å²) in [5, 5.41) is 0. The fourth-order valence-electron chi connectivity index (χ4n) is 1.24. The number of nitrogens with zero attached hydrogens (tertiary/aromatic N) is 1. The van der Waals surface area contributed by atoms with Gasteiger partial charge in [0.1, 0.15) is 4.99 Å². The first-order valence-corrected chi connectivity index (χ1v) is 4.58. The van der Waals surface area contributed by atoms with Gasteiger partial charge in [0.2, 0.25) is 0 Å². The first-order valence-electron chi connectivity index (χ1n) is 4.17. The highest BCUT2D eigenvalue weighted by molar-refractivity contribution is 7.80. The van der Waals surface area contributed by atoms with E-state index in [2.05, 4.69) is 25.8 Å². The number of thiocarbonyl (C=S) groups is 1. The Hall–Kier alpha value is -0.960. The van der Waals surface area contributed by atoms with E-state index in [1.54, 1.807) is 12.4 Å². The van der Waals surface area contributed by atoms with Crippen LogP contribution in [0.2, 0.25) is 0 Å². The summed E-state index contributed by atoms with van der Waals surface area (Å²) in [6, 6.07) is 1.97. The largest absolute Gasteiger partial charge is 0.389 e. The lowest BCUT2D eigenvalue weighted by molar-refractivity contribution is 0.588. The topological polar surface area (TPSA) is 38.9 Å². The molecular weight excluding hydrogens is 180 g/mol. The molecule has 70 valence electrons. The Morgan fingerprint density at radius 3 is 2.46 bits per heavy atom. The molecule has 2 nitrogen and oxygen atoms in total. The molecule has 0 aliphatic carbocycles. The van der Waals surface area contributed by atoms with Gasteiger partial charge in [-0.2, -0.15) is 0 Å². The number of aromatic nitrogens is 1. The van der Waals surface area contributed by atoms with Gasteiger partial charge in [0.15, 0.2) is 0 Å². The van der Waals surface area contributed by atoms with Crippen LogP contribution in [0.4, 0.5) is 0 Å². The van der Waals surface area contributed by atoms with Gasteiger partial charge >= 0.3 is 0 Å². The average molecular weight is 194 g/mol. The maximum atomic E-state index is 5.60. The van der Waals surface area contributed by atoms with E-state index >= 15 is 0 Å². The number of hydrogen-bond acceptors (Lipinski definition) is 2. The Kier molecular flexibility index (Phi) is 2.66. The predicted molar refractivity (Wildman–Crippen MR) is 58.8 cm³/mol. The second-order valence-electron chi connectivity index (χ2n) is 4.04. The maximum absolute atomic E-state index is 5.60. The lowest BCUT2D eigenvalue weighted by Crippen LogP contribution is -2.20. The third-order valence-corrected chi connectivity index (χ3v) is 2.11. The van der Waals surface area contributed by atoms with Crippen LogP contribution in [0, 0.1) is 0 Å². The van der Waals surface area contributed by atoms with Gasteiger partial charge in [-0.15, -0.1) is 0 Å². The minimum atomic E-state index is 0.0572. The number of rotatable bonds is 1. The number of nitrogens with two attached hydrogens (primary N) is 1. The van der Waals surface area contributed by atoms with Crippen molar-refractivity contribution in [1.29, 1.82) is 0 Å². The van der Waals surface area contributed by atoms with Gasteiger partial charge in [-0.25, -0.2) is 0 Å². The van der Waals surface area contributed by atoms with Crippen LogP contribution in [0.1, 0.15) is 31.9 Å². The summed E-state index contributed by atoms with van der Waals surface area (Å²) in [4.78, 5) is 4.43. The van der Waals surface area contributed by atoms with Crippen LogP contribution in [-0.4, -0.2) is 9.97 Å². The van der Waals surface area contributed by atoms with E-state index < -0.39 is 0 Å². The van der Waals surface area contributed by atoms with Crippen LogP contribution in [-0.2, 0) is 5.41 Å². The van der Waals surface area contributed by atoms with Crippen molar-refractivity contribution in [2.45, 2.75) is 26.2 Å². The van der Waals surface area contributed by atoms with Crippen molar-refractivity contribution in [2.75, 3.05) is 0 Å². The summed E-state index contributed by atoms with van der Waals surface area (Å²) in [6.45, 7) is 6.39. The Labute approximate surface area is 84.2 Å². The SMILES string of the molecule is CC(C)(C)c1ccncc1C(N)=S. The van der Waals surface area contributed by atoms with E-state index in [-0.39, 0.29) is 5.41 Å². The van der Waals surface area contributed by atoms with E-state index in [0.717, 1.165) is 11.1 Å². The third-order valence-electron chi connectivity index (χ3n) is 1.89. The highest BCUT2D eigenvalue weighted by atomic mass is 32.1. The van der Waals surface area contributed by atoms with Crippen LogP contribution in [0.3, 0.4) is 0 Å². The van der Waals surface area contributed by atoms with Gasteiger partial charge in [0.25, 0.3) is 0 Å². The van der Waals surface area contributed by atoms with E-state index in [1.807, 2.05) is 6.07 Å². The molecule has 1 aromatic heterocycles. The molecule has 0 bridgehead atoms. The second-order valence-corrected chi connectivity index (χ2v) is 4.48. The van der Waals surface area contributed by atoms with Gasteiger partial charge in [0, 0.05) is 18.0 Å². The molecule has 13 heavy (non-hydrogen) atoms. The molecule has 0 radical (unpaired) electrons. The molecule has 2 N–H and O–H groups in total. The molecule has 0 saturated heterocycles. The molecule has 1 aromatic rings. The average Bonchev–Trinajstić information content (AvgIpc) is 2.03. The van der Waals surface area contributed by atoms with Gasteiger partial charge in [-0.1, -0.05) is 33.0 Å². The standard InChI is InChI=1S/C10H14N2S/c1-10(2,3)8-4-5-12-6-7(8)9(11)13/h4-6H,1-3H3,(H2,11,13). The predicted octanol–water partition coefficient (Wildman–Crippen LogP) is 2.01. The smallest absolute Gasteiger partial charge is 0.105 e. The lowest BCUT2D eigenvalue weighted by Gasteiger charge is -2.21. The zero-order chi connectivity index (χ0) is 10.1. The summed E-state index contributed by atoms with van der Waals surface area (Å²) < 4.78 is 0. The van der Waals surface area contributed by atoms with Crippen molar-refractivity contribution >= 4 is 17.2 Å². The van der Waals surface area contributed by atoms with E-state index in [1.165, 1.54) is 0 Å². The summed E-state index contributed by atoms with van der Waals surface area (Å²) in [5.74, 6) is 0. The summed E-state index contributed by atoms with van der Waals surface area (Å²) in [7, 11) is 0. The van der Waals surface area contributed by atoms with Gasteiger partial charge in [-0.3, -0.25) is 4.98 Å². The molecule has 1 heterocycles. The molecule has 0 aliphatic rings. The Balaban J connectivity index is 3.28. The van der Waals surface area contributed by atoms with Gasteiger partial charge in [0.05, 0.1) is 0 Å². The molecular formula is C10H14N2S. The van der Waals surface area contributed by atoms with Crippen molar-refractivity contribution in [3.8, 4) is 0 Å². The highest BCUT2D eigenvalue weighted by Crippen LogP contribution is 2.24. The van der Waals surface area contributed by atoms with E-state index in [0.29, 0.717) is 4.99 Å². The van der Waals surface area contributed by atoms with Crippen molar-refractivity contribution in [3.05, 3.63) is 29.6 Å². The first-order chi connectivity index (χ1) is 5.93. The Morgan fingerprint density at radius 1 is 1.46 bits per heavy atom. The zero-order valence-corrected chi connectivity index (χ0v) is 8.98. The minimum absolute atomic E-state index is 0.0572. The van der Waals surface area contributed by atoms with Crippen molar-refractivity contribution in [3.63, 3.8) is 0 Å². The summed E-state index contributed by atoms with van der Waals surface area (Å²) >= 11 is 4.96. The van der Waals surface area contributed by atoms with Gasteiger partial charge in [-0.05, 0) is 17.0 Å². The monoisotopic (exact) mass is 194 g/mol. The van der Waals surface area contributed by atoms with Crippen LogP contribution in [0.5, 0.6) is 0 Å². The fourth-order valence-corrected chi connectivity index (χ4v) is 1.41.